The van der Waals surface area contributed by atoms with Crippen molar-refractivity contribution in [3.63, 3.8) is 0 Å². The first-order valence-electron chi connectivity index (χ1n) is 10.2. The molecule has 10 nitrogen and oxygen atoms in total. The van der Waals surface area contributed by atoms with Crippen molar-refractivity contribution in [2.45, 2.75) is 33.7 Å². The van der Waals surface area contributed by atoms with E-state index in [0.717, 1.165) is 0 Å². The Bertz CT molecular complexity index is 1100. The van der Waals surface area contributed by atoms with Gasteiger partial charge in [0.25, 0.3) is 5.56 Å². The van der Waals surface area contributed by atoms with Crippen LogP contribution in [0.25, 0.3) is 0 Å². The van der Waals surface area contributed by atoms with Gasteiger partial charge in [-0.1, -0.05) is 13.8 Å². The minimum Gasteiger partial charge on any atom is -0.496 e. The second-order valence-electron chi connectivity index (χ2n) is 7.80. The van der Waals surface area contributed by atoms with Crippen LogP contribution in [0, 0.1) is 5.92 Å². The van der Waals surface area contributed by atoms with Crippen LogP contribution in [-0.2, 0) is 22.5 Å². The fourth-order valence-electron chi connectivity index (χ4n) is 3.32. The molecule has 0 bridgehead atoms. The molecule has 1 amide bonds. The Hall–Kier alpha value is -3.40. The Labute approximate surface area is 185 Å². The summed E-state index contributed by atoms with van der Waals surface area (Å²) in [4.78, 5) is 53.5. The zero-order chi connectivity index (χ0) is 24.0. The van der Waals surface area contributed by atoms with E-state index < -0.39 is 17.2 Å². The number of benzene rings is 1. The number of carbonyl (C=O) groups excluding carboxylic acids is 2. The van der Waals surface area contributed by atoms with Gasteiger partial charge in [0.2, 0.25) is 5.91 Å². The number of nitrogens with two attached hydrogens (primary N) is 1. The summed E-state index contributed by atoms with van der Waals surface area (Å²) < 4.78 is 11.7. The number of ketones is 1. The lowest BCUT2D eigenvalue weighted by atomic mass is 10.0. The smallest absolute Gasteiger partial charge is 0.330 e. The molecule has 2 rings (SSSR count). The molecule has 1 aromatic carbocycles. The number of nitrogens with one attached hydrogen (secondary N) is 1. The van der Waals surface area contributed by atoms with Gasteiger partial charge in [0.05, 0.1) is 20.1 Å². The molecule has 10 heteroatoms. The predicted octanol–water partition coefficient (Wildman–Crippen LogP) is 1.21. The molecular weight excluding hydrogens is 416 g/mol. The fraction of sp³-hybridized carbons (Fsp3) is 0.455. The standard InChI is InChI=1S/C22H30N4O6/c1-13(2)12-26-20(23)19(21(29)24-22(26)30)25(8-9-31-4)18(28)11-16-10-15(14(3)27)6-7-17(16)32-5/h6-7,10,13H,8-9,11-12,23H2,1-5H3,(H,24,29,30). The first kappa shape index (κ1) is 24.9. The van der Waals surface area contributed by atoms with Crippen LogP contribution >= 0.6 is 0 Å². The molecular formula is C22H30N4O6. The van der Waals surface area contributed by atoms with Gasteiger partial charge < -0.3 is 20.1 Å². The van der Waals surface area contributed by atoms with Crippen molar-refractivity contribution in [1.29, 1.82) is 0 Å². The normalized spacial score (nSPS) is 10.9. The van der Waals surface area contributed by atoms with E-state index in [9.17, 15) is 19.2 Å². The van der Waals surface area contributed by atoms with Gasteiger partial charge in [-0.05, 0) is 31.0 Å². The minimum atomic E-state index is -0.763. The summed E-state index contributed by atoms with van der Waals surface area (Å²) in [5.74, 6) is -0.203. The number of carbonyl (C=O) groups is 2. The Morgan fingerprint density at radius 3 is 2.47 bits per heavy atom. The first-order valence-corrected chi connectivity index (χ1v) is 10.2. The van der Waals surface area contributed by atoms with Crippen molar-refractivity contribution in [3.8, 4) is 5.75 Å². The molecule has 0 aliphatic heterocycles. The molecule has 0 unspecified atom stereocenters. The number of methoxy groups -OCH3 is 2. The van der Waals surface area contributed by atoms with E-state index in [1.165, 1.54) is 30.6 Å². The van der Waals surface area contributed by atoms with Gasteiger partial charge in [0.1, 0.15) is 11.6 Å². The van der Waals surface area contributed by atoms with E-state index in [-0.39, 0.29) is 49.3 Å². The van der Waals surface area contributed by atoms with Crippen LogP contribution < -0.4 is 26.6 Å². The van der Waals surface area contributed by atoms with Gasteiger partial charge in [-0.15, -0.1) is 0 Å². The number of Topliss-reactive ketones (excluding diaryl/α,β-unsaturated/α-hetero) is 1. The van der Waals surface area contributed by atoms with Crippen molar-refractivity contribution in [1.82, 2.24) is 9.55 Å². The SMILES string of the molecule is COCCN(C(=O)Cc1cc(C(C)=O)ccc1OC)c1c(N)n(CC(C)C)c(=O)[nH]c1=O. The van der Waals surface area contributed by atoms with Crippen LogP contribution in [0.15, 0.2) is 27.8 Å². The second kappa shape index (κ2) is 10.8. The van der Waals surface area contributed by atoms with Crippen LogP contribution in [0.1, 0.15) is 36.7 Å². The van der Waals surface area contributed by atoms with Crippen molar-refractivity contribution in [2.24, 2.45) is 5.92 Å². The Kier molecular flexibility index (Phi) is 8.36. The topological polar surface area (TPSA) is 137 Å². The molecule has 1 aromatic heterocycles. The van der Waals surface area contributed by atoms with E-state index in [1.54, 1.807) is 18.2 Å². The van der Waals surface area contributed by atoms with E-state index >= 15 is 0 Å². The van der Waals surface area contributed by atoms with Gasteiger partial charge in [-0.2, -0.15) is 0 Å². The van der Waals surface area contributed by atoms with Crippen molar-refractivity contribution in [2.75, 3.05) is 38.0 Å². The number of aromatic amines is 1. The quantitative estimate of drug-likeness (QED) is 0.523. The molecule has 174 valence electrons. The number of H-pyrrole nitrogens is 1. The van der Waals surface area contributed by atoms with Crippen molar-refractivity contribution < 1.29 is 19.1 Å². The van der Waals surface area contributed by atoms with Gasteiger partial charge >= 0.3 is 5.69 Å². The van der Waals surface area contributed by atoms with Gasteiger partial charge in [0, 0.05) is 31.3 Å². The lowest BCUT2D eigenvalue weighted by Gasteiger charge is -2.25. The number of rotatable bonds is 10. The summed E-state index contributed by atoms with van der Waals surface area (Å²) in [5, 5.41) is 0. The Morgan fingerprint density at radius 1 is 1.22 bits per heavy atom. The van der Waals surface area contributed by atoms with E-state index in [1.807, 2.05) is 13.8 Å². The maximum Gasteiger partial charge on any atom is 0.330 e. The number of anilines is 2. The lowest BCUT2D eigenvalue weighted by Crippen LogP contribution is -2.43. The fourth-order valence-corrected chi connectivity index (χ4v) is 3.32. The summed E-state index contributed by atoms with van der Waals surface area (Å²) in [6.07, 6.45) is -0.157. The lowest BCUT2D eigenvalue weighted by molar-refractivity contribution is -0.118. The monoisotopic (exact) mass is 446 g/mol. The maximum atomic E-state index is 13.3. The third kappa shape index (κ3) is 5.64. The zero-order valence-corrected chi connectivity index (χ0v) is 19.1. The Balaban J connectivity index is 2.55. The summed E-state index contributed by atoms with van der Waals surface area (Å²) >= 11 is 0. The largest absolute Gasteiger partial charge is 0.496 e. The average Bonchev–Trinajstić information content (AvgIpc) is 2.72. The van der Waals surface area contributed by atoms with Crippen LogP contribution in [0.5, 0.6) is 5.75 Å². The number of hydrogen-bond donors (Lipinski definition) is 2. The van der Waals surface area contributed by atoms with E-state index in [4.69, 9.17) is 15.2 Å². The molecule has 0 atom stereocenters. The van der Waals surface area contributed by atoms with Crippen LogP contribution in [0.2, 0.25) is 0 Å². The average molecular weight is 447 g/mol. The molecule has 0 aliphatic rings. The summed E-state index contributed by atoms with van der Waals surface area (Å²) in [6, 6.07) is 4.81. The van der Waals surface area contributed by atoms with Crippen LogP contribution in [0.3, 0.4) is 0 Å². The first-order chi connectivity index (χ1) is 15.1. The summed E-state index contributed by atoms with van der Waals surface area (Å²) in [7, 11) is 2.93. The molecule has 0 saturated carbocycles. The number of hydrogen-bond acceptors (Lipinski definition) is 7. The molecule has 2 aromatic rings. The second-order valence-corrected chi connectivity index (χ2v) is 7.80. The highest BCUT2D eigenvalue weighted by molar-refractivity contribution is 5.98. The predicted molar refractivity (Wildman–Crippen MR) is 122 cm³/mol. The minimum absolute atomic E-state index is 0.0389. The van der Waals surface area contributed by atoms with Crippen molar-refractivity contribution in [3.05, 3.63) is 50.2 Å². The van der Waals surface area contributed by atoms with Crippen LogP contribution in [0.4, 0.5) is 11.5 Å². The molecule has 0 radical (unpaired) electrons. The number of amides is 1. The number of nitrogens with zero attached hydrogens (tertiary/aromatic N) is 2. The third-order valence-electron chi connectivity index (χ3n) is 4.88. The van der Waals surface area contributed by atoms with Gasteiger partial charge in [-0.25, -0.2) is 4.79 Å². The van der Waals surface area contributed by atoms with Gasteiger partial charge in [0.15, 0.2) is 11.5 Å². The Morgan fingerprint density at radius 2 is 1.91 bits per heavy atom. The molecule has 32 heavy (non-hydrogen) atoms. The summed E-state index contributed by atoms with van der Waals surface area (Å²) in [5.41, 5.74) is 5.59. The molecule has 3 N–H and O–H groups in total. The van der Waals surface area contributed by atoms with Crippen LogP contribution in [-0.4, -0.2) is 48.6 Å². The number of aromatic nitrogens is 2. The number of ether oxygens (including phenoxy) is 2. The highest BCUT2D eigenvalue weighted by Crippen LogP contribution is 2.24. The molecule has 0 saturated heterocycles. The highest BCUT2D eigenvalue weighted by atomic mass is 16.5. The highest BCUT2D eigenvalue weighted by Gasteiger charge is 2.25. The van der Waals surface area contributed by atoms with Gasteiger partial charge in [-0.3, -0.25) is 23.9 Å². The van der Waals surface area contributed by atoms with E-state index in [2.05, 4.69) is 4.98 Å². The summed E-state index contributed by atoms with van der Waals surface area (Å²) in [6.45, 7) is 5.68. The zero-order valence-electron chi connectivity index (χ0n) is 19.1. The molecule has 0 spiro atoms. The maximum absolute atomic E-state index is 13.3. The number of nitrogen functional groups attached to an aromatic ring is 1. The van der Waals surface area contributed by atoms with Crippen molar-refractivity contribution >= 4 is 23.2 Å². The molecule has 1 heterocycles. The molecule has 0 fully saturated rings. The van der Waals surface area contributed by atoms with E-state index in [0.29, 0.717) is 16.9 Å². The third-order valence-corrected chi connectivity index (χ3v) is 4.88. The molecule has 0 aliphatic carbocycles.